The second kappa shape index (κ2) is 8.01. The number of urea groups is 1. The molecule has 2 fully saturated rings. The number of nitrogens with zero attached hydrogens (tertiary/aromatic N) is 1. The van der Waals surface area contributed by atoms with Crippen LogP contribution in [0.4, 0.5) is 10.5 Å². The number of rotatable bonds is 4. The van der Waals surface area contributed by atoms with Gasteiger partial charge in [0.15, 0.2) is 5.75 Å². The zero-order chi connectivity index (χ0) is 18.6. The summed E-state index contributed by atoms with van der Waals surface area (Å²) in [6.45, 7) is 5.31. The van der Waals surface area contributed by atoms with E-state index in [0.717, 1.165) is 50.5 Å². The van der Waals surface area contributed by atoms with Gasteiger partial charge in [-0.25, -0.2) is 4.79 Å². The predicted octanol–water partition coefficient (Wildman–Crippen LogP) is 4.68. The maximum atomic E-state index is 12.8. The van der Waals surface area contributed by atoms with Crippen molar-refractivity contribution in [3.63, 3.8) is 0 Å². The van der Waals surface area contributed by atoms with Crippen molar-refractivity contribution in [1.29, 1.82) is 0 Å². The molecule has 0 aliphatic carbocycles. The molecular weight excluding hydrogens is 340 g/mol. The fraction of sp³-hybridized carbons (Fsp3) is 0.409. The minimum absolute atomic E-state index is 0.0556. The third-order valence-electron chi connectivity index (χ3n) is 5.49. The van der Waals surface area contributed by atoms with Crippen LogP contribution in [-0.4, -0.2) is 37.2 Å². The second-order valence-electron chi connectivity index (χ2n) is 7.46. The molecule has 2 aliphatic heterocycles. The lowest BCUT2D eigenvalue weighted by atomic mass is 9.91. The SMILES string of the molecule is Cc1ccc(Oc2ccccc2)c(NC(=O)N2CCC(C3CCOC3)C2)c1. The van der Waals surface area contributed by atoms with Gasteiger partial charge in [0.05, 0.1) is 5.69 Å². The zero-order valence-electron chi connectivity index (χ0n) is 15.7. The smallest absolute Gasteiger partial charge is 0.321 e. The van der Waals surface area contributed by atoms with Crippen LogP contribution in [-0.2, 0) is 4.74 Å². The molecule has 0 spiro atoms. The van der Waals surface area contributed by atoms with Gasteiger partial charge in [0, 0.05) is 26.3 Å². The Morgan fingerprint density at radius 1 is 1.15 bits per heavy atom. The maximum Gasteiger partial charge on any atom is 0.321 e. The number of carbonyl (C=O) groups excluding carboxylic acids is 1. The third-order valence-corrected chi connectivity index (χ3v) is 5.49. The second-order valence-corrected chi connectivity index (χ2v) is 7.46. The van der Waals surface area contributed by atoms with Crippen LogP contribution in [0.25, 0.3) is 0 Å². The molecule has 2 amide bonds. The number of benzene rings is 2. The zero-order valence-corrected chi connectivity index (χ0v) is 15.7. The number of hydrogen-bond donors (Lipinski definition) is 1. The van der Waals surface area contributed by atoms with Crippen molar-refractivity contribution in [2.45, 2.75) is 19.8 Å². The minimum atomic E-state index is -0.0556. The lowest BCUT2D eigenvalue weighted by Crippen LogP contribution is -2.33. The number of para-hydroxylation sites is 1. The number of ether oxygens (including phenoxy) is 2. The normalized spacial score (nSPS) is 22.0. The summed E-state index contributed by atoms with van der Waals surface area (Å²) in [5, 5.41) is 3.06. The quantitative estimate of drug-likeness (QED) is 0.855. The summed E-state index contributed by atoms with van der Waals surface area (Å²) in [7, 11) is 0. The summed E-state index contributed by atoms with van der Waals surface area (Å²) in [5.41, 5.74) is 1.78. The van der Waals surface area contributed by atoms with Crippen molar-refractivity contribution in [1.82, 2.24) is 4.90 Å². The molecule has 0 bridgehead atoms. The number of likely N-dealkylation sites (tertiary alicyclic amines) is 1. The summed E-state index contributed by atoms with van der Waals surface area (Å²) >= 11 is 0. The first kappa shape index (κ1) is 17.9. The van der Waals surface area contributed by atoms with Crippen LogP contribution in [0.15, 0.2) is 48.5 Å². The largest absolute Gasteiger partial charge is 0.455 e. The van der Waals surface area contributed by atoms with Crippen molar-refractivity contribution in [3.05, 3.63) is 54.1 Å². The molecular formula is C22H26N2O3. The first-order chi connectivity index (χ1) is 13.2. The van der Waals surface area contributed by atoms with Gasteiger partial charge >= 0.3 is 6.03 Å². The number of carbonyl (C=O) groups is 1. The van der Waals surface area contributed by atoms with Gasteiger partial charge in [0.1, 0.15) is 5.75 Å². The number of nitrogens with one attached hydrogen (secondary N) is 1. The highest BCUT2D eigenvalue weighted by molar-refractivity contribution is 5.91. The molecule has 2 aromatic rings. The summed E-state index contributed by atoms with van der Waals surface area (Å²) in [5.74, 6) is 2.55. The Hall–Kier alpha value is -2.53. The molecule has 1 N–H and O–H groups in total. The fourth-order valence-electron chi connectivity index (χ4n) is 3.92. The number of anilines is 1. The summed E-state index contributed by atoms with van der Waals surface area (Å²) in [6.07, 6.45) is 2.18. The Bertz CT molecular complexity index is 787. The average Bonchev–Trinajstić information content (AvgIpc) is 3.36. The van der Waals surface area contributed by atoms with Crippen LogP contribution in [0.3, 0.4) is 0 Å². The molecule has 2 heterocycles. The van der Waals surface area contributed by atoms with Gasteiger partial charge < -0.3 is 19.7 Å². The Morgan fingerprint density at radius 2 is 2.00 bits per heavy atom. The van der Waals surface area contributed by atoms with Crippen LogP contribution in [0.5, 0.6) is 11.5 Å². The van der Waals surface area contributed by atoms with Crippen LogP contribution >= 0.6 is 0 Å². The van der Waals surface area contributed by atoms with E-state index in [-0.39, 0.29) is 6.03 Å². The van der Waals surface area contributed by atoms with Gasteiger partial charge in [-0.05, 0) is 61.4 Å². The predicted molar refractivity (Wildman–Crippen MR) is 105 cm³/mol. The molecule has 5 heteroatoms. The summed E-state index contributed by atoms with van der Waals surface area (Å²) in [6, 6.07) is 15.4. The molecule has 27 heavy (non-hydrogen) atoms. The molecule has 2 saturated heterocycles. The van der Waals surface area contributed by atoms with Gasteiger partial charge in [-0.3, -0.25) is 0 Å². The Balaban J connectivity index is 1.44. The molecule has 5 nitrogen and oxygen atoms in total. The molecule has 4 rings (SSSR count). The van der Waals surface area contributed by atoms with Gasteiger partial charge in [0.25, 0.3) is 0 Å². The maximum absolute atomic E-state index is 12.8. The van der Waals surface area contributed by atoms with E-state index >= 15 is 0 Å². The number of hydrogen-bond acceptors (Lipinski definition) is 3. The molecule has 2 atom stereocenters. The van der Waals surface area contributed by atoms with Crippen molar-refractivity contribution in [2.24, 2.45) is 11.8 Å². The molecule has 142 valence electrons. The average molecular weight is 366 g/mol. The molecule has 0 radical (unpaired) electrons. The first-order valence-corrected chi connectivity index (χ1v) is 9.66. The van der Waals surface area contributed by atoms with E-state index < -0.39 is 0 Å². The van der Waals surface area contributed by atoms with Crippen molar-refractivity contribution < 1.29 is 14.3 Å². The van der Waals surface area contributed by atoms with Gasteiger partial charge in [-0.2, -0.15) is 0 Å². The highest BCUT2D eigenvalue weighted by atomic mass is 16.5. The van der Waals surface area contributed by atoms with E-state index in [9.17, 15) is 4.79 Å². The molecule has 0 saturated carbocycles. The number of amides is 2. The van der Waals surface area contributed by atoms with Crippen LogP contribution < -0.4 is 10.1 Å². The van der Waals surface area contributed by atoms with E-state index in [4.69, 9.17) is 9.47 Å². The van der Waals surface area contributed by atoms with Crippen LogP contribution in [0.2, 0.25) is 0 Å². The van der Waals surface area contributed by atoms with E-state index in [1.807, 2.05) is 60.4 Å². The topological polar surface area (TPSA) is 50.8 Å². The van der Waals surface area contributed by atoms with Crippen molar-refractivity contribution in [2.75, 3.05) is 31.6 Å². The first-order valence-electron chi connectivity index (χ1n) is 9.66. The van der Waals surface area contributed by atoms with Gasteiger partial charge in [-0.1, -0.05) is 24.3 Å². The fourth-order valence-corrected chi connectivity index (χ4v) is 3.92. The van der Waals surface area contributed by atoms with Crippen LogP contribution in [0.1, 0.15) is 18.4 Å². The lowest BCUT2D eigenvalue weighted by molar-refractivity contribution is 0.171. The number of aryl methyl sites for hydroxylation is 1. The van der Waals surface area contributed by atoms with E-state index in [1.165, 1.54) is 0 Å². The third kappa shape index (κ3) is 4.25. The summed E-state index contributed by atoms with van der Waals surface area (Å²) < 4.78 is 11.5. The minimum Gasteiger partial charge on any atom is -0.455 e. The Kier molecular flexibility index (Phi) is 5.30. The Morgan fingerprint density at radius 3 is 2.78 bits per heavy atom. The van der Waals surface area contributed by atoms with E-state index in [1.54, 1.807) is 0 Å². The lowest BCUT2D eigenvalue weighted by Gasteiger charge is -2.20. The van der Waals surface area contributed by atoms with E-state index in [0.29, 0.717) is 23.3 Å². The van der Waals surface area contributed by atoms with Gasteiger partial charge in [0.2, 0.25) is 0 Å². The monoisotopic (exact) mass is 366 g/mol. The summed E-state index contributed by atoms with van der Waals surface area (Å²) in [4.78, 5) is 14.7. The van der Waals surface area contributed by atoms with Crippen molar-refractivity contribution in [3.8, 4) is 11.5 Å². The van der Waals surface area contributed by atoms with Crippen LogP contribution in [0, 0.1) is 18.8 Å². The molecule has 2 aliphatic rings. The molecule has 2 unspecified atom stereocenters. The van der Waals surface area contributed by atoms with E-state index in [2.05, 4.69) is 5.32 Å². The van der Waals surface area contributed by atoms with Gasteiger partial charge in [-0.15, -0.1) is 0 Å². The Labute approximate surface area is 160 Å². The molecule has 2 aromatic carbocycles. The molecule has 0 aromatic heterocycles. The standard InChI is InChI=1S/C22H26N2O3/c1-16-7-8-21(27-19-5-3-2-4-6-19)20(13-16)23-22(25)24-11-9-17(14-24)18-10-12-26-15-18/h2-8,13,17-18H,9-12,14-15H2,1H3,(H,23,25). The highest BCUT2D eigenvalue weighted by Gasteiger charge is 2.33. The van der Waals surface area contributed by atoms with Crippen molar-refractivity contribution >= 4 is 11.7 Å². The highest BCUT2D eigenvalue weighted by Crippen LogP contribution is 2.33.